The average molecular weight is 283 g/mol. The molecule has 2 rings (SSSR count). The first-order valence-corrected chi connectivity index (χ1v) is 6.26. The van der Waals surface area contributed by atoms with E-state index in [0.29, 0.717) is 0 Å². The quantitative estimate of drug-likeness (QED) is 0.875. The number of hydrogen-bond acceptors (Lipinski definition) is 2. The largest absolute Gasteiger partial charge is 0.325 e. The molecule has 1 aromatic rings. The van der Waals surface area contributed by atoms with Crippen LogP contribution in [0.2, 0.25) is 0 Å². The lowest BCUT2D eigenvalue weighted by Gasteiger charge is -2.11. The smallest absolute Gasteiger partial charge is 0.241 e. The Bertz CT molecular complexity index is 400. The second-order valence-corrected chi connectivity index (χ2v) is 4.96. The molecule has 16 heavy (non-hydrogen) atoms. The fourth-order valence-electron chi connectivity index (χ4n) is 1.86. The lowest BCUT2D eigenvalue weighted by Crippen LogP contribution is -2.35. The lowest BCUT2D eigenvalue weighted by molar-refractivity contribution is -0.117. The summed E-state index contributed by atoms with van der Waals surface area (Å²) in [7, 11) is 0. The van der Waals surface area contributed by atoms with Crippen LogP contribution in [-0.2, 0) is 4.79 Å². The molecule has 86 valence electrons. The van der Waals surface area contributed by atoms with Crippen LogP contribution in [0.3, 0.4) is 0 Å². The van der Waals surface area contributed by atoms with E-state index in [2.05, 4.69) is 26.6 Å². The van der Waals surface area contributed by atoms with Crippen molar-refractivity contribution in [3.8, 4) is 0 Å². The van der Waals surface area contributed by atoms with E-state index in [4.69, 9.17) is 0 Å². The second kappa shape index (κ2) is 4.97. The van der Waals surface area contributed by atoms with Crippen molar-refractivity contribution < 1.29 is 4.79 Å². The van der Waals surface area contributed by atoms with Gasteiger partial charge in [-0.05, 0) is 50.1 Å². The normalized spacial score (nSPS) is 19.8. The highest BCUT2D eigenvalue weighted by atomic mass is 79.9. The molecule has 1 heterocycles. The van der Waals surface area contributed by atoms with E-state index >= 15 is 0 Å². The summed E-state index contributed by atoms with van der Waals surface area (Å²) in [5.74, 6) is 0.0687. The summed E-state index contributed by atoms with van der Waals surface area (Å²) in [5.41, 5.74) is 1.98. The number of carbonyl (C=O) groups excluding carboxylic acids is 1. The number of nitrogens with one attached hydrogen (secondary N) is 2. The minimum atomic E-state index is -0.0241. The van der Waals surface area contributed by atoms with Crippen molar-refractivity contribution in [2.45, 2.75) is 25.8 Å². The van der Waals surface area contributed by atoms with Gasteiger partial charge in [0.1, 0.15) is 0 Å². The Morgan fingerprint density at radius 2 is 2.38 bits per heavy atom. The lowest BCUT2D eigenvalue weighted by atomic mass is 10.2. The topological polar surface area (TPSA) is 41.1 Å². The molecule has 0 aromatic heterocycles. The van der Waals surface area contributed by atoms with Crippen LogP contribution in [0, 0.1) is 6.92 Å². The van der Waals surface area contributed by atoms with E-state index in [1.807, 2.05) is 25.1 Å². The van der Waals surface area contributed by atoms with Crippen LogP contribution in [0.4, 0.5) is 5.69 Å². The molecule has 1 aromatic carbocycles. The van der Waals surface area contributed by atoms with Gasteiger partial charge in [-0.15, -0.1) is 0 Å². The molecule has 1 amide bonds. The van der Waals surface area contributed by atoms with Crippen molar-refractivity contribution in [2.24, 2.45) is 0 Å². The maximum atomic E-state index is 11.8. The van der Waals surface area contributed by atoms with E-state index in [0.717, 1.165) is 35.1 Å². The molecule has 0 aliphatic carbocycles. The standard InChI is InChI=1S/C12H15BrN2O/c1-8-7-9(4-5-10(8)13)15-12(16)11-3-2-6-14-11/h4-5,7,11,14H,2-3,6H2,1H3,(H,15,16)/t11-/m1/s1. The van der Waals surface area contributed by atoms with Gasteiger partial charge in [0.2, 0.25) is 5.91 Å². The van der Waals surface area contributed by atoms with Crippen LogP contribution in [-0.4, -0.2) is 18.5 Å². The third-order valence-corrected chi connectivity index (χ3v) is 3.69. The minimum absolute atomic E-state index is 0.0241. The predicted molar refractivity (Wildman–Crippen MR) is 68.5 cm³/mol. The Morgan fingerprint density at radius 3 is 3.00 bits per heavy atom. The van der Waals surface area contributed by atoms with Gasteiger partial charge in [0, 0.05) is 10.2 Å². The molecule has 1 atom stereocenters. The zero-order valence-electron chi connectivity index (χ0n) is 9.22. The van der Waals surface area contributed by atoms with E-state index in [1.165, 1.54) is 0 Å². The van der Waals surface area contributed by atoms with Crippen LogP contribution < -0.4 is 10.6 Å². The first kappa shape index (κ1) is 11.6. The summed E-state index contributed by atoms with van der Waals surface area (Å²) in [6, 6.07) is 5.80. The summed E-state index contributed by atoms with van der Waals surface area (Å²) in [5, 5.41) is 6.11. The van der Waals surface area contributed by atoms with Crippen LogP contribution in [0.15, 0.2) is 22.7 Å². The summed E-state index contributed by atoms with van der Waals surface area (Å²) >= 11 is 3.44. The third kappa shape index (κ3) is 2.62. The van der Waals surface area contributed by atoms with Gasteiger partial charge in [-0.1, -0.05) is 15.9 Å². The van der Waals surface area contributed by atoms with Crippen molar-refractivity contribution in [1.82, 2.24) is 5.32 Å². The van der Waals surface area contributed by atoms with Crippen LogP contribution in [0.25, 0.3) is 0 Å². The molecule has 1 saturated heterocycles. The van der Waals surface area contributed by atoms with Crippen molar-refractivity contribution in [3.05, 3.63) is 28.2 Å². The minimum Gasteiger partial charge on any atom is -0.325 e. The van der Waals surface area contributed by atoms with Gasteiger partial charge in [-0.2, -0.15) is 0 Å². The fourth-order valence-corrected chi connectivity index (χ4v) is 2.11. The van der Waals surface area contributed by atoms with Crippen molar-refractivity contribution >= 4 is 27.5 Å². The van der Waals surface area contributed by atoms with E-state index in [-0.39, 0.29) is 11.9 Å². The first-order valence-electron chi connectivity index (χ1n) is 5.47. The van der Waals surface area contributed by atoms with Crippen LogP contribution >= 0.6 is 15.9 Å². The van der Waals surface area contributed by atoms with E-state index < -0.39 is 0 Å². The van der Waals surface area contributed by atoms with E-state index in [1.54, 1.807) is 0 Å². The molecule has 0 unspecified atom stereocenters. The molecular formula is C12H15BrN2O. The number of benzene rings is 1. The highest BCUT2D eigenvalue weighted by Gasteiger charge is 2.21. The Labute approximate surface area is 104 Å². The number of anilines is 1. The molecule has 0 bridgehead atoms. The molecule has 3 nitrogen and oxygen atoms in total. The average Bonchev–Trinajstić information content (AvgIpc) is 2.77. The zero-order valence-corrected chi connectivity index (χ0v) is 10.8. The molecule has 1 fully saturated rings. The number of aryl methyl sites for hydroxylation is 1. The third-order valence-electron chi connectivity index (χ3n) is 2.80. The molecule has 0 saturated carbocycles. The monoisotopic (exact) mass is 282 g/mol. The molecule has 1 aliphatic heterocycles. The molecule has 1 aliphatic rings. The summed E-state index contributed by atoms with van der Waals surface area (Å²) < 4.78 is 1.06. The van der Waals surface area contributed by atoms with Gasteiger partial charge < -0.3 is 10.6 Å². The molecule has 4 heteroatoms. The number of carbonyl (C=O) groups is 1. The highest BCUT2D eigenvalue weighted by molar-refractivity contribution is 9.10. The van der Waals surface area contributed by atoms with Crippen LogP contribution in [0.1, 0.15) is 18.4 Å². The highest BCUT2D eigenvalue weighted by Crippen LogP contribution is 2.20. The van der Waals surface area contributed by atoms with Crippen LogP contribution in [0.5, 0.6) is 0 Å². The molecule has 0 radical (unpaired) electrons. The van der Waals surface area contributed by atoms with Crippen molar-refractivity contribution in [2.75, 3.05) is 11.9 Å². The number of halogens is 1. The number of hydrogen-bond donors (Lipinski definition) is 2. The molecule has 0 spiro atoms. The summed E-state index contributed by atoms with van der Waals surface area (Å²) in [6.45, 7) is 2.95. The maximum Gasteiger partial charge on any atom is 0.241 e. The molecular weight excluding hydrogens is 268 g/mol. The number of amides is 1. The van der Waals surface area contributed by atoms with Gasteiger partial charge in [-0.3, -0.25) is 4.79 Å². The zero-order chi connectivity index (χ0) is 11.5. The van der Waals surface area contributed by atoms with Gasteiger partial charge in [0.15, 0.2) is 0 Å². The van der Waals surface area contributed by atoms with Crippen molar-refractivity contribution in [1.29, 1.82) is 0 Å². The van der Waals surface area contributed by atoms with Gasteiger partial charge >= 0.3 is 0 Å². The Balaban J connectivity index is 2.02. The second-order valence-electron chi connectivity index (χ2n) is 4.10. The maximum absolute atomic E-state index is 11.8. The Kier molecular flexibility index (Phi) is 3.61. The SMILES string of the molecule is Cc1cc(NC(=O)[C@H]2CCCN2)ccc1Br. The Hall–Kier alpha value is -0.870. The number of rotatable bonds is 2. The van der Waals surface area contributed by atoms with Gasteiger partial charge in [-0.25, -0.2) is 0 Å². The van der Waals surface area contributed by atoms with E-state index in [9.17, 15) is 4.79 Å². The Morgan fingerprint density at radius 1 is 1.56 bits per heavy atom. The predicted octanol–water partition coefficient (Wildman–Crippen LogP) is 2.45. The van der Waals surface area contributed by atoms with Gasteiger partial charge in [0.25, 0.3) is 0 Å². The fraction of sp³-hybridized carbons (Fsp3) is 0.417. The molecule has 2 N–H and O–H groups in total. The van der Waals surface area contributed by atoms with Crippen molar-refractivity contribution in [3.63, 3.8) is 0 Å². The summed E-state index contributed by atoms with van der Waals surface area (Å²) in [6.07, 6.45) is 2.01. The first-order chi connectivity index (χ1) is 7.66. The van der Waals surface area contributed by atoms with Gasteiger partial charge in [0.05, 0.1) is 6.04 Å². The summed E-state index contributed by atoms with van der Waals surface area (Å²) in [4.78, 5) is 11.8.